The molecule has 1 aromatic carbocycles. The summed E-state index contributed by atoms with van der Waals surface area (Å²) in [6, 6.07) is 3.86. The number of halogens is 1. The Balaban J connectivity index is 2.44. The van der Waals surface area contributed by atoms with Crippen molar-refractivity contribution in [2.24, 2.45) is 0 Å². The van der Waals surface area contributed by atoms with Crippen molar-refractivity contribution in [1.82, 2.24) is 4.98 Å². The molecular weight excluding hydrogens is 210 g/mol. The predicted octanol–water partition coefficient (Wildman–Crippen LogP) is 3.26. The molecule has 0 aliphatic heterocycles. The number of hydrogen-bond acceptors (Lipinski definition) is 1. The molecule has 0 spiro atoms. The zero-order chi connectivity index (χ0) is 10.6. The van der Waals surface area contributed by atoms with E-state index in [-0.39, 0.29) is 5.78 Å². The molecule has 2 nitrogen and oxygen atoms in total. The molecule has 3 rings (SSSR count). The number of benzene rings is 1. The minimum absolute atomic E-state index is 0.219. The van der Waals surface area contributed by atoms with E-state index in [1.54, 1.807) is 0 Å². The maximum Gasteiger partial charge on any atom is 0.179 e. The number of aromatic nitrogens is 1. The monoisotopic (exact) mass is 219 g/mol. The van der Waals surface area contributed by atoms with Crippen molar-refractivity contribution in [3.05, 3.63) is 34.0 Å². The third-order valence-electron chi connectivity index (χ3n) is 3.06. The van der Waals surface area contributed by atoms with Crippen LogP contribution in [-0.2, 0) is 6.42 Å². The Morgan fingerprint density at radius 3 is 2.93 bits per heavy atom. The fraction of sp³-hybridized carbons (Fsp3) is 0.250. The molecule has 3 heteroatoms. The summed E-state index contributed by atoms with van der Waals surface area (Å²) >= 11 is 6.02. The van der Waals surface area contributed by atoms with Gasteiger partial charge in [0, 0.05) is 22.3 Å². The lowest BCUT2D eigenvalue weighted by atomic mass is 10.1. The molecule has 1 aliphatic carbocycles. The summed E-state index contributed by atoms with van der Waals surface area (Å²) in [5.74, 6) is 0.219. The Bertz CT molecular complexity index is 583. The molecule has 1 heterocycles. The van der Waals surface area contributed by atoms with Crippen LogP contribution in [-0.4, -0.2) is 10.8 Å². The van der Waals surface area contributed by atoms with Gasteiger partial charge >= 0.3 is 0 Å². The van der Waals surface area contributed by atoms with Crippen LogP contribution in [0.5, 0.6) is 0 Å². The number of nitrogens with one attached hydrogen (secondary N) is 1. The third-order valence-corrected chi connectivity index (χ3v) is 3.28. The third kappa shape index (κ3) is 1.15. The molecular formula is C12H10ClNO. The van der Waals surface area contributed by atoms with Crippen molar-refractivity contribution in [1.29, 1.82) is 0 Å². The smallest absolute Gasteiger partial charge is 0.179 e. The van der Waals surface area contributed by atoms with Crippen molar-refractivity contribution in [2.45, 2.75) is 19.8 Å². The largest absolute Gasteiger partial charge is 0.352 e. The first kappa shape index (κ1) is 8.98. The van der Waals surface area contributed by atoms with Gasteiger partial charge in [-0.15, -0.1) is 0 Å². The first-order valence-electron chi connectivity index (χ1n) is 5.00. The summed E-state index contributed by atoms with van der Waals surface area (Å²) < 4.78 is 0. The van der Waals surface area contributed by atoms with E-state index in [9.17, 15) is 4.79 Å². The van der Waals surface area contributed by atoms with E-state index in [4.69, 9.17) is 11.6 Å². The summed E-state index contributed by atoms with van der Waals surface area (Å²) in [6.45, 7) is 2.00. The van der Waals surface area contributed by atoms with Gasteiger partial charge in [-0.3, -0.25) is 4.79 Å². The van der Waals surface area contributed by atoms with Crippen molar-refractivity contribution >= 4 is 28.3 Å². The highest BCUT2D eigenvalue weighted by molar-refractivity contribution is 6.31. The van der Waals surface area contributed by atoms with Crippen LogP contribution >= 0.6 is 11.6 Å². The second-order valence-corrected chi connectivity index (χ2v) is 4.48. The highest BCUT2D eigenvalue weighted by Gasteiger charge is 2.24. The van der Waals surface area contributed by atoms with Crippen LogP contribution in [0.4, 0.5) is 0 Å². The predicted molar refractivity (Wildman–Crippen MR) is 60.7 cm³/mol. The van der Waals surface area contributed by atoms with Gasteiger partial charge in [0.05, 0.1) is 5.69 Å². The quantitative estimate of drug-likeness (QED) is 0.725. The van der Waals surface area contributed by atoms with Gasteiger partial charge in [0.1, 0.15) is 0 Å². The lowest BCUT2D eigenvalue weighted by molar-refractivity contribution is 0.0991. The fourth-order valence-corrected chi connectivity index (χ4v) is 2.62. The highest BCUT2D eigenvalue weighted by atomic mass is 35.5. The molecule has 0 fully saturated rings. The van der Waals surface area contributed by atoms with Crippen LogP contribution in [0.15, 0.2) is 12.1 Å². The number of fused-ring (bicyclic) bond motifs is 3. The number of ketones is 1. The molecule has 15 heavy (non-hydrogen) atoms. The Kier molecular flexibility index (Phi) is 1.71. The number of rotatable bonds is 0. The molecule has 0 atom stereocenters. The van der Waals surface area contributed by atoms with Gasteiger partial charge in [-0.1, -0.05) is 11.6 Å². The molecule has 0 bridgehead atoms. The van der Waals surface area contributed by atoms with Crippen LogP contribution in [0.25, 0.3) is 10.9 Å². The first-order valence-corrected chi connectivity index (χ1v) is 5.38. The Morgan fingerprint density at radius 2 is 2.13 bits per heavy atom. The summed E-state index contributed by atoms with van der Waals surface area (Å²) in [6.07, 6.45) is 1.47. The van der Waals surface area contributed by atoms with Crippen molar-refractivity contribution in [3.8, 4) is 0 Å². The number of aryl methyl sites for hydroxylation is 2. The average molecular weight is 220 g/mol. The SMILES string of the molecule is Cc1cc(Cl)cc2c3c([nH]c12)C(=O)CC3. The summed E-state index contributed by atoms with van der Waals surface area (Å²) in [5, 5.41) is 1.85. The van der Waals surface area contributed by atoms with E-state index in [1.165, 1.54) is 0 Å². The van der Waals surface area contributed by atoms with Gasteiger partial charge in [0.25, 0.3) is 0 Å². The molecule has 2 aromatic rings. The summed E-state index contributed by atoms with van der Waals surface area (Å²) in [4.78, 5) is 14.8. The van der Waals surface area contributed by atoms with Gasteiger partial charge in [0.2, 0.25) is 0 Å². The van der Waals surface area contributed by atoms with Gasteiger partial charge in [0.15, 0.2) is 5.78 Å². The van der Waals surface area contributed by atoms with E-state index in [0.717, 1.165) is 39.2 Å². The Morgan fingerprint density at radius 1 is 1.33 bits per heavy atom. The second kappa shape index (κ2) is 2.86. The molecule has 1 N–H and O–H groups in total. The zero-order valence-electron chi connectivity index (χ0n) is 8.36. The molecule has 1 aromatic heterocycles. The van der Waals surface area contributed by atoms with Crippen molar-refractivity contribution < 1.29 is 4.79 Å². The van der Waals surface area contributed by atoms with Crippen LogP contribution < -0.4 is 0 Å². The van der Waals surface area contributed by atoms with E-state index >= 15 is 0 Å². The van der Waals surface area contributed by atoms with Gasteiger partial charge in [-0.2, -0.15) is 0 Å². The number of hydrogen-bond donors (Lipinski definition) is 1. The maximum absolute atomic E-state index is 11.6. The Labute approximate surface area is 92.2 Å². The topological polar surface area (TPSA) is 32.9 Å². The molecule has 0 unspecified atom stereocenters. The number of H-pyrrole nitrogens is 1. The fourth-order valence-electron chi connectivity index (χ4n) is 2.34. The molecule has 0 saturated heterocycles. The van der Waals surface area contributed by atoms with E-state index in [0.29, 0.717) is 6.42 Å². The first-order chi connectivity index (χ1) is 7.16. The lowest BCUT2D eigenvalue weighted by Crippen LogP contribution is -1.91. The van der Waals surface area contributed by atoms with Gasteiger partial charge in [-0.25, -0.2) is 0 Å². The number of Topliss-reactive ketones (excluding diaryl/α,β-unsaturated/α-hetero) is 1. The van der Waals surface area contributed by atoms with Crippen LogP contribution in [0.3, 0.4) is 0 Å². The number of carbonyl (C=O) groups excluding carboxylic acids is 1. The summed E-state index contributed by atoms with van der Waals surface area (Å²) in [5.41, 5.74) is 4.08. The molecule has 0 saturated carbocycles. The summed E-state index contributed by atoms with van der Waals surface area (Å²) in [7, 11) is 0. The normalized spacial score (nSPS) is 14.9. The minimum Gasteiger partial charge on any atom is -0.352 e. The van der Waals surface area contributed by atoms with Gasteiger partial charge in [-0.05, 0) is 36.6 Å². The molecule has 0 amide bonds. The molecule has 0 radical (unpaired) electrons. The lowest BCUT2D eigenvalue weighted by Gasteiger charge is -1.99. The number of carbonyl (C=O) groups is 1. The average Bonchev–Trinajstić information content (AvgIpc) is 2.68. The number of aromatic amines is 1. The van der Waals surface area contributed by atoms with E-state index in [1.807, 2.05) is 19.1 Å². The second-order valence-electron chi connectivity index (χ2n) is 4.05. The van der Waals surface area contributed by atoms with Crippen LogP contribution in [0.2, 0.25) is 5.02 Å². The highest BCUT2D eigenvalue weighted by Crippen LogP contribution is 2.33. The molecule has 1 aliphatic rings. The van der Waals surface area contributed by atoms with E-state index in [2.05, 4.69) is 4.98 Å². The zero-order valence-corrected chi connectivity index (χ0v) is 9.11. The van der Waals surface area contributed by atoms with E-state index < -0.39 is 0 Å². The van der Waals surface area contributed by atoms with Crippen molar-refractivity contribution in [3.63, 3.8) is 0 Å². The standard InChI is InChI=1S/C12H10ClNO/c1-6-4-7(13)5-9-8-2-3-10(15)12(8)14-11(6)9/h4-5,14H,2-3H2,1H3. The Hall–Kier alpha value is -1.28. The maximum atomic E-state index is 11.6. The van der Waals surface area contributed by atoms with Gasteiger partial charge < -0.3 is 4.98 Å². The minimum atomic E-state index is 0.219. The molecule has 76 valence electrons. The van der Waals surface area contributed by atoms with Crippen molar-refractivity contribution in [2.75, 3.05) is 0 Å². The van der Waals surface area contributed by atoms with Crippen LogP contribution in [0.1, 0.15) is 28.0 Å². The van der Waals surface area contributed by atoms with Crippen LogP contribution in [0, 0.1) is 6.92 Å².